The first-order valence-corrected chi connectivity index (χ1v) is 4.75. The van der Waals surface area contributed by atoms with Crippen LogP contribution in [0.3, 0.4) is 0 Å². The monoisotopic (exact) mass is 264 g/mol. The first-order chi connectivity index (χ1) is 8.23. The van der Waals surface area contributed by atoms with Gasteiger partial charge in [0.25, 0.3) is 0 Å². The Kier molecular flexibility index (Phi) is 4.05. The van der Waals surface area contributed by atoms with Gasteiger partial charge in [-0.1, -0.05) is 12.1 Å². The summed E-state index contributed by atoms with van der Waals surface area (Å²) in [5.74, 6) is -3.47. The van der Waals surface area contributed by atoms with Crippen LogP contribution in [-0.2, 0) is 15.7 Å². The molecule has 1 aromatic carbocycles. The highest BCUT2D eigenvalue weighted by molar-refractivity contribution is 5.99. The van der Waals surface area contributed by atoms with Crippen molar-refractivity contribution in [1.82, 2.24) is 0 Å². The van der Waals surface area contributed by atoms with Gasteiger partial charge in [-0.3, -0.25) is 9.59 Å². The van der Waals surface area contributed by atoms with E-state index < -0.39 is 41.5 Å². The molecule has 0 fully saturated rings. The Bertz CT molecular complexity index is 480. The topological polar surface area (TPSA) is 43.4 Å². The van der Waals surface area contributed by atoms with Gasteiger partial charge >= 0.3 is 12.1 Å². The molecule has 1 rings (SSSR count). The lowest BCUT2D eigenvalue weighted by Gasteiger charge is -2.12. The second-order valence-corrected chi connectivity index (χ2v) is 3.36. The Morgan fingerprint density at radius 3 is 2.39 bits per heavy atom. The lowest BCUT2D eigenvalue weighted by Crippen LogP contribution is -2.19. The molecule has 0 saturated carbocycles. The number of hydrogen-bond donors (Lipinski definition) is 0. The van der Waals surface area contributed by atoms with E-state index in [1.807, 2.05) is 0 Å². The van der Waals surface area contributed by atoms with Crippen LogP contribution in [0.2, 0.25) is 0 Å². The fourth-order valence-electron chi connectivity index (χ4n) is 1.29. The van der Waals surface area contributed by atoms with Gasteiger partial charge < -0.3 is 4.74 Å². The predicted octanol–water partition coefficient (Wildman–Crippen LogP) is 2.59. The van der Waals surface area contributed by atoms with Gasteiger partial charge in [-0.15, -0.1) is 0 Å². The third-order valence-corrected chi connectivity index (χ3v) is 2.00. The minimum atomic E-state index is -4.99. The summed E-state index contributed by atoms with van der Waals surface area (Å²) in [7, 11) is 0. The van der Waals surface area contributed by atoms with Crippen molar-refractivity contribution >= 4 is 11.8 Å². The molecule has 3 nitrogen and oxygen atoms in total. The lowest BCUT2D eigenvalue weighted by molar-refractivity contribution is -0.140. The fraction of sp³-hybridized carbons (Fsp3) is 0.273. The average molecular weight is 264 g/mol. The maximum Gasteiger partial charge on any atom is 0.419 e. The summed E-state index contributed by atoms with van der Waals surface area (Å²) in [6, 6.07) is 2.41. The van der Waals surface area contributed by atoms with Crippen LogP contribution in [0.4, 0.5) is 17.6 Å². The number of carbonyl (C=O) groups is 2. The Balaban J connectivity index is 3.13. The summed E-state index contributed by atoms with van der Waals surface area (Å²) >= 11 is 0. The highest BCUT2D eigenvalue weighted by Gasteiger charge is 2.38. The molecule has 0 aliphatic carbocycles. The molecule has 0 N–H and O–H groups in total. The summed E-state index contributed by atoms with van der Waals surface area (Å²) in [6.07, 6.45) is -4.99. The number of rotatable bonds is 3. The zero-order valence-electron chi connectivity index (χ0n) is 9.18. The molecular formula is C11H8F4O3. The van der Waals surface area contributed by atoms with E-state index in [9.17, 15) is 27.2 Å². The van der Waals surface area contributed by atoms with E-state index in [0.717, 1.165) is 19.1 Å². The summed E-state index contributed by atoms with van der Waals surface area (Å²) in [4.78, 5) is 21.9. The van der Waals surface area contributed by atoms with Crippen LogP contribution in [0, 0.1) is 5.82 Å². The smallest absolute Gasteiger partial charge is 0.419 e. The highest BCUT2D eigenvalue weighted by atomic mass is 19.4. The molecule has 0 heterocycles. The second kappa shape index (κ2) is 5.16. The van der Waals surface area contributed by atoms with Gasteiger partial charge in [-0.05, 0) is 6.07 Å². The molecule has 0 aliphatic heterocycles. The highest BCUT2D eigenvalue weighted by Crippen LogP contribution is 2.34. The first kappa shape index (κ1) is 14.1. The number of ketones is 1. The quantitative estimate of drug-likeness (QED) is 0.479. The number of hydrogen-bond acceptors (Lipinski definition) is 3. The van der Waals surface area contributed by atoms with Gasteiger partial charge in [0.1, 0.15) is 11.4 Å². The molecule has 0 aromatic heterocycles. The van der Waals surface area contributed by atoms with Gasteiger partial charge in [-0.25, -0.2) is 4.39 Å². The van der Waals surface area contributed by atoms with Crippen molar-refractivity contribution in [2.24, 2.45) is 0 Å². The summed E-state index contributed by atoms with van der Waals surface area (Å²) in [5, 5.41) is 0. The van der Waals surface area contributed by atoms with Gasteiger partial charge in [0.2, 0.25) is 5.78 Å². The van der Waals surface area contributed by atoms with Crippen LogP contribution in [-0.4, -0.2) is 18.4 Å². The molecule has 18 heavy (non-hydrogen) atoms. The van der Waals surface area contributed by atoms with Crippen molar-refractivity contribution in [2.75, 3.05) is 6.61 Å². The molecule has 7 heteroatoms. The number of ether oxygens (including phenoxy) is 1. The van der Waals surface area contributed by atoms with E-state index in [-0.39, 0.29) is 0 Å². The van der Waals surface area contributed by atoms with E-state index in [1.54, 1.807) is 0 Å². The molecule has 0 aliphatic rings. The number of halogens is 4. The van der Waals surface area contributed by atoms with Crippen LogP contribution >= 0.6 is 0 Å². The van der Waals surface area contributed by atoms with Crippen molar-refractivity contribution < 1.29 is 31.9 Å². The van der Waals surface area contributed by atoms with Gasteiger partial charge in [0.05, 0.1) is 0 Å². The Morgan fingerprint density at radius 1 is 1.28 bits per heavy atom. The van der Waals surface area contributed by atoms with Crippen LogP contribution in [0.15, 0.2) is 18.2 Å². The number of Topliss-reactive ketones (excluding diaryl/α,β-unsaturated/α-hetero) is 1. The SMILES string of the molecule is CC(=O)OCC(=O)c1cccc(F)c1C(F)(F)F. The van der Waals surface area contributed by atoms with E-state index >= 15 is 0 Å². The summed E-state index contributed by atoms with van der Waals surface area (Å²) < 4.78 is 55.1. The van der Waals surface area contributed by atoms with Crippen molar-refractivity contribution in [3.05, 3.63) is 35.1 Å². The van der Waals surface area contributed by atoms with Gasteiger partial charge in [-0.2, -0.15) is 13.2 Å². The molecule has 0 saturated heterocycles. The Labute approximate surface area is 99.4 Å². The van der Waals surface area contributed by atoms with E-state index in [4.69, 9.17) is 0 Å². The zero-order valence-corrected chi connectivity index (χ0v) is 9.18. The minimum absolute atomic E-state index is 0.603. The standard InChI is InChI=1S/C11H8F4O3/c1-6(16)18-5-9(17)7-3-2-4-8(12)10(7)11(13,14)15/h2-4H,5H2,1H3. The average Bonchev–Trinajstić information content (AvgIpc) is 2.23. The van der Waals surface area contributed by atoms with Crippen LogP contribution in [0.1, 0.15) is 22.8 Å². The molecule has 1 aromatic rings. The first-order valence-electron chi connectivity index (χ1n) is 4.75. The lowest BCUT2D eigenvalue weighted by atomic mass is 10.0. The fourth-order valence-corrected chi connectivity index (χ4v) is 1.29. The third kappa shape index (κ3) is 3.28. The summed E-state index contributed by atoms with van der Waals surface area (Å²) in [6.45, 7) is 0.144. The van der Waals surface area contributed by atoms with Crippen LogP contribution in [0.5, 0.6) is 0 Å². The number of benzene rings is 1. The predicted molar refractivity (Wildman–Crippen MR) is 52.4 cm³/mol. The number of alkyl halides is 3. The minimum Gasteiger partial charge on any atom is -0.457 e. The third-order valence-electron chi connectivity index (χ3n) is 2.00. The van der Waals surface area contributed by atoms with E-state index in [1.165, 1.54) is 0 Å². The number of carbonyl (C=O) groups excluding carboxylic acids is 2. The van der Waals surface area contributed by atoms with Crippen molar-refractivity contribution in [2.45, 2.75) is 13.1 Å². The molecule has 98 valence electrons. The van der Waals surface area contributed by atoms with Gasteiger partial charge in [0, 0.05) is 12.5 Å². The molecule has 0 atom stereocenters. The molecular weight excluding hydrogens is 256 g/mol. The van der Waals surface area contributed by atoms with E-state index in [2.05, 4.69) is 4.74 Å². The second-order valence-electron chi connectivity index (χ2n) is 3.36. The van der Waals surface area contributed by atoms with Crippen molar-refractivity contribution in [3.8, 4) is 0 Å². The summed E-state index contributed by atoms with van der Waals surface area (Å²) in [5.41, 5.74) is -2.51. The van der Waals surface area contributed by atoms with Gasteiger partial charge in [0.15, 0.2) is 6.61 Å². The molecule has 0 bridgehead atoms. The molecule has 0 amide bonds. The molecule has 0 radical (unpaired) electrons. The van der Waals surface area contributed by atoms with Crippen molar-refractivity contribution in [1.29, 1.82) is 0 Å². The maximum atomic E-state index is 13.1. The molecule has 0 spiro atoms. The number of esters is 1. The van der Waals surface area contributed by atoms with Crippen LogP contribution < -0.4 is 0 Å². The largest absolute Gasteiger partial charge is 0.457 e. The maximum absolute atomic E-state index is 13.1. The Hall–Kier alpha value is -1.92. The normalized spacial score (nSPS) is 11.2. The Morgan fingerprint density at radius 2 is 1.89 bits per heavy atom. The van der Waals surface area contributed by atoms with Crippen LogP contribution in [0.25, 0.3) is 0 Å². The zero-order chi connectivity index (χ0) is 13.9. The van der Waals surface area contributed by atoms with Crippen molar-refractivity contribution in [3.63, 3.8) is 0 Å². The van der Waals surface area contributed by atoms with E-state index in [0.29, 0.717) is 6.07 Å². The molecule has 0 unspecified atom stereocenters.